The highest BCUT2D eigenvalue weighted by Gasteiger charge is 2.44. The summed E-state index contributed by atoms with van der Waals surface area (Å²) in [6.45, 7) is 4.77. The van der Waals surface area contributed by atoms with Crippen molar-refractivity contribution in [1.82, 2.24) is 15.1 Å². The number of benzene rings is 2. The van der Waals surface area contributed by atoms with E-state index < -0.39 is 15.9 Å². The van der Waals surface area contributed by atoms with Crippen molar-refractivity contribution in [2.45, 2.75) is 68.6 Å². The third-order valence-corrected chi connectivity index (χ3v) is 9.97. The van der Waals surface area contributed by atoms with Crippen LogP contribution in [0.4, 0.5) is 0 Å². The zero-order valence-electron chi connectivity index (χ0n) is 21.6. The van der Waals surface area contributed by atoms with E-state index in [1.54, 1.807) is 54.6 Å². The summed E-state index contributed by atoms with van der Waals surface area (Å²) in [5.74, 6) is -0.684. The lowest BCUT2D eigenvalue weighted by molar-refractivity contribution is -0.133. The third kappa shape index (κ3) is 6.36. The maximum absolute atomic E-state index is 13.5. The van der Waals surface area contributed by atoms with Crippen molar-refractivity contribution in [2.75, 3.05) is 19.3 Å². The molecule has 1 saturated carbocycles. The van der Waals surface area contributed by atoms with Crippen LogP contribution in [0.3, 0.4) is 0 Å². The molecule has 1 heterocycles. The fraction of sp³-hybridized carbons (Fsp3) is 0.500. The first-order valence-electron chi connectivity index (χ1n) is 12.9. The Kier molecular flexibility index (Phi) is 8.61. The van der Waals surface area contributed by atoms with E-state index in [4.69, 9.17) is 11.6 Å². The van der Waals surface area contributed by atoms with Crippen LogP contribution in [0.25, 0.3) is 0 Å². The Labute approximate surface area is 225 Å². The van der Waals surface area contributed by atoms with Gasteiger partial charge in [-0.2, -0.15) is 0 Å². The van der Waals surface area contributed by atoms with E-state index in [1.165, 1.54) is 0 Å². The van der Waals surface area contributed by atoms with Gasteiger partial charge in [-0.15, -0.1) is 0 Å². The Balaban J connectivity index is 1.52. The minimum absolute atomic E-state index is 0.00651. The molecule has 9 heteroatoms. The van der Waals surface area contributed by atoms with Crippen molar-refractivity contribution < 1.29 is 18.0 Å². The molecule has 0 aromatic heterocycles. The average molecular weight is 546 g/mol. The van der Waals surface area contributed by atoms with Crippen LogP contribution in [-0.2, 0) is 14.6 Å². The van der Waals surface area contributed by atoms with E-state index in [1.807, 2.05) is 4.90 Å². The van der Waals surface area contributed by atoms with Crippen molar-refractivity contribution in [1.29, 1.82) is 0 Å². The van der Waals surface area contributed by atoms with Gasteiger partial charge in [-0.1, -0.05) is 35.9 Å². The quantitative estimate of drug-likeness (QED) is 0.541. The van der Waals surface area contributed by atoms with Gasteiger partial charge >= 0.3 is 0 Å². The number of carbonyl (C=O) groups excluding carboxylic acids is 2. The zero-order chi connectivity index (χ0) is 26.7. The molecule has 0 spiro atoms. The van der Waals surface area contributed by atoms with Crippen LogP contribution in [0.5, 0.6) is 0 Å². The molecule has 0 radical (unpaired) electrons. The van der Waals surface area contributed by atoms with Gasteiger partial charge in [0.15, 0.2) is 9.84 Å². The molecule has 1 aliphatic heterocycles. The van der Waals surface area contributed by atoms with Crippen LogP contribution in [0.2, 0.25) is 5.02 Å². The van der Waals surface area contributed by atoms with Crippen molar-refractivity contribution in [3.05, 3.63) is 65.2 Å². The zero-order valence-corrected chi connectivity index (χ0v) is 23.2. The fourth-order valence-corrected chi connectivity index (χ4v) is 7.52. The number of nitrogens with zero attached hydrogens (tertiary/aromatic N) is 2. The summed E-state index contributed by atoms with van der Waals surface area (Å²) in [6.07, 6.45) is 2.83. The summed E-state index contributed by atoms with van der Waals surface area (Å²) in [5, 5.41) is 3.31. The molecule has 2 aromatic carbocycles. The molecule has 4 rings (SSSR count). The largest absolute Gasteiger partial charge is 0.340 e. The molecule has 1 N–H and O–H groups in total. The van der Waals surface area contributed by atoms with Crippen LogP contribution in [0.15, 0.2) is 59.5 Å². The van der Waals surface area contributed by atoms with Gasteiger partial charge in [0.1, 0.15) is 6.04 Å². The molecule has 2 fully saturated rings. The molecule has 2 aromatic rings. The van der Waals surface area contributed by atoms with Crippen LogP contribution >= 0.6 is 11.6 Å². The Morgan fingerprint density at radius 1 is 1.11 bits per heavy atom. The summed E-state index contributed by atoms with van der Waals surface area (Å²) in [5.41, 5.74) is 0.405. The standard InChI is InChI=1S/C28H36ClN3O4S/c1-19(2)31(3)23-12-13-26(21(17-23)18-37(35,36)24-10-5-4-6-11-24)32-15-14-25(28(32)34)30-27(33)20-8-7-9-22(29)16-20/h4-11,16,19,21,23,25-26H,12-15,17-18H2,1-3H3,(H,30,33)/t21-,23?,25?,26?/m0/s1. The average Bonchev–Trinajstić information content (AvgIpc) is 3.23. The molecule has 1 saturated heterocycles. The number of hydrogen-bond acceptors (Lipinski definition) is 5. The summed E-state index contributed by atoms with van der Waals surface area (Å²) in [7, 11) is -1.44. The first-order chi connectivity index (χ1) is 17.6. The molecular formula is C28H36ClN3O4S. The number of rotatable bonds is 8. The van der Waals surface area contributed by atoms with E-state index >= 15 is 0 Å². The minimum atomic E-state index is -3.52. The molecule has 0 bridgehead atoms. The maximum atomic E-state index is 13.5. The van der Waals surface area contributed by atoms with Crippen molar-refractivity contribution in [3.8, 4) is 0 Å². The van der Waals surface area contributed by atoms with Crippen LogP contribution in [-0.4, -0.2) is 73.5 Å². The van der Waals surface area contributed by atoms with Gasteiger partial charge in [0.2, 0.25) is 5.91 Å². The van der Waals surface area contributed by atoms with Gasteiger partial charge in [-0.3, -0.25) is 9.59 Å². The molecule has 1 aliphatic carbocycles. The van der Waals surface area contributed by atoms with E-state index in [9.17, 15) is 18.0 Å². The van der Waals surface area contributed by atoms with Gasteiger partial charge in [0.05, 0.1) is 10.6 Å². The van der Waals surface area contributed by atoms with Crippen molar-refractivity contribution in [2.24, 2.45) is 5.92 Å². The van der Waals surface area contributed by atoms with Crippen molar-refractivity contribution >= 4 is 33.3 Å². The van der Waals surface area contributed by atoms with E-state index in [0.29, 0.717) is 40.9 Å². The van der Waals surface area contributed by atoms with Gasteiger partial charge in [0.25, 0.3) is 5.91 Å². The van der Waals surface area contributed by atoms with Crippen LogP contribution < -0.4 is 5.32 Å². The first-order valence-corrected chi connectivity index (χ1v) is 15.0. The van der Waals surface area contributed by atoms with Crippen LogP contribution in [0.1, 0.15) is 49.9 Å². The topological polar surface area (TPSA) is 86.8 Å². The first kappa shape index (κ1) is 27.6. The second-order valence-corrected chi connectivity index (χ2v) is 13.0. The molecular weight excluding hydrogens is 510 g/mol. The second-order valence-electron chi connectivity index (χ2n) is 10.5. The molecule has 7 nitrogen and oxygen atoms in total. The molecule has 200 valence electrons. The number of sulfone groups is 1. The van der Waals surface area contributed by atoms with Gasteiger partial charge < -0.3 is 15.1 Å². The van der Waals surface area contributed by atoms with Crippen LogP contribution in [0, 0.1) is 5.92 Å². The van der Waals surface area contributed by atoms with E-state index in [0.717, 1.165) is 12.8 Å². The monoisotopic (exact) mass is 545 g/mol. The fourth-order valence-electron chi connectivity index (χ4n) is 5.65. The molecule has 4 atom stereocenters. The second kappa shape index (κ2) is 11.5. The maximum Gasteiger partial charge on any atom is 0.251 e. The highest BCUT2D eigenvalue weighted by molar-refractivity contribution is 7.91. The summed E-state index contributed by atoms with van der Waals surface area (Å²) >= 11 is 6.02. The molecule has 2 amide bonds. The molecule has 2 aliphatic rings. The van der Waals surface area contributed by atoms with E-state index in [-0.39, 0.29) is 35.6 Å². The Hall–Kier alpha value is -2.42. The predicted molar refractivity (Wildman–Crippen MR) is 145 cm³/mol. The number of likely N-dealkylation sites (tertiary alicyclic amines) is 1. The molecule has 3 unspecified atom stereocenters. The number of hydrogen-bond donors (Lipinski definition) is 1. The van der Waals surface area contributed by atoms with Crippen molar-refractivity contribution in [3.63, 3.8) is 0 Å². The molecule has 37 heavy (non-hydrogen) atoms. The number of halogens is 1. The number of nitrogens with one attached hydrogen (secondary N) is 1. The lowest BCUT2D eigenvalue weighted by atomic mass is 9.81. The Morgan fingerprint density at radius 3 is 2.51 bits per heavy atom. The summed E-state index contributed by atoms with van der Waals surface area (Å²) < 4.78 is 26.7. The van der Waals surface area contributed by atoms with Gasteiger partial charge in [-0.05, 0) is 82.8 Å². The Morgan fingerprint density at radius 2 is 1.84 bits per heavy atom. The highest BCUT2D eigenvalue weighted by Crippen LogP contribution is 2.35. The van der Waals surface area contributed by atoms with Gasteiger partial charge in [0, 0.05) is 35.3 Å². The van der Waals surface area contributed by atoms with Gasteiger partial charge in [-0.25, -0.2) is 8.42 Å². The summed E-state index contributed by atoms with van der Waals surface area (Å²) in [4.78, 5) is 30.7. The smallest absolute Gasteiger partial charge is 0.251 e. The number of amides is 2. The predicted octanol–water partition coefficient (Wildman–Crippen LogP) is 4.02. The summed E-state index contributed by atoms with van der Waals surface area (Å²) in [6, 6.07) is 14.9. The lowest BCUT2D eigenvalue weighted by Crippen LogP contribution is -2.53. The SMILES string of the molecule is CC(C)N(C)C1CCC(N2CCC(NC(=O)c3cccc(Cl)c3)C2=O)[C@H](CS(=O)(=O)c2ccccc2)C1. The Bertz CT molecular complexity index is 1220. The third-order valence-electron chi connectivity index (χ3n) is 7.87. The lowest BCUT2D eigenvalue weighted by Gasteiger charge is -2.44. The number of carbonyl (C=O) groups is 2. The highest BCUT2D eigenvalue weighted by atomic mass is 35.5. The van der Waals surface area contributed by atoms with E-state index in [2.05, 4.69) is 31.1 Å². The minimum Gasteiger partial charge on any atom is -0.340 e. The normalized spacial score (nSPS) is 24.6.